The Hall–Kier alpha value is -1.61. The van der Waals surface area contributed by atoms with Gasteiger partial charge in [0.15, 0.2) is 5.78 Å². The Balaban J connectivity index is 2.71. The van der Waals surface area contributed by atoms with Gasteiger partial charge in [0.25, 0.3) is 0 Å². The summed E-state index contributed by atoms with van der Waals surface area (Å²) in [5, 5.41) is 19.1. The number of hydrogen-bond acceptors (Lipinski definition) is 3. The van der Waals surface area contributed by atoms with Gasteiger partial charge in [0, 0.05) is 0 Å². The van der Waals surface area contributed by atoms with Crippen LogP contribution in [0, 0.1) is 6.92 Å². The number of aryl methyl sites for hydroxylation is 1. The number of allylic oxidation sites excluding steroid dienone is 1. The summed E-state index contributed by atoms with van der Waals surface area (Å²) < 4.78 is 0. The number of benzene rings is 1. The minimum Gasteiger partial charge on any atom is -0.507 e. The molecule has 2 N–H and O–H groups in total. The molecule has 0 spiro atoms. The van der Waals surface area contributed by atoms with Gasteiger partial charge in [0.05, 0.1) is 11.7 Å². The van der Waals surface area contributed by atoms with Crippen LogP contribution in [0.4, 0.5) is 0 Å². The molecule has 3 nitrogen and oxygen atoms in total. The molecule has 1 aliphatic rings. The summed E-state index contributed by atoms with van der Waals surface area (Å²) in [5.41, 5.74) is 1.52. The number of rotatable bonds is 0. The van der Waals surface area contributed by atoms with Gasteiger partial charge in [-0.05, 0) is 36.3 Å². The van der Waals surface area contributed by atoms with Crippen molar-refractivity contribution in [3.8, 4) is 5.75 Å². The molecule has 0 heterocycles. The van der Waals surface area contributed by atoms with Gasteiger partial charge in [-0.3, -0.25) is 4.79 Å². The van der Waals surface area contributed by atoms with Crippen molar-refractivity contribution in [2.24, 2.45) is 0 Å². The first kappa shape index (κ1) is 8.97. The molecule has 0 saturated heterocycles. The average molecular weight is 190 g/mol. The molecule has 1 unspecified atom stereocenters. The smallest absolute Gasteiger partial charge is 0.189 e. The summed E-state index contributed by atoms with van der Waals surface area (Å²) in [6.45, 7) is 1.80. The van der Waals surface area contributed by atoms with E-state index in [9.17, 15) is 15.0 Å². The number of aliphatic hydroxyl groups is 1. The highest BCUT2D eigenvalue weighted by Gasteiger charge is 2.22. The molecule has 0 fully saturated rings. The van der Waals surface area contributed by atoms with Crippen LogP contribution in [0.25, 0.3) is 0 Å². The van der Waals surface area contributed by atoms with Crippen LogP contribution in [0.2, 0.25) is 0 Å². The van der Waals surface area contributed by atoms with Crippen molar-refractivity contribution in [3.05, 3.63) is 41.0 Å². The Morgan fingerprint density at radius 1 is 1.36 bits per heavy atom. The van der Waals surface area contributed by atoms with Gasteiger partial charge in [0.1, 0.15) is 5.75 Å². The van der Waals surface area contributed by atoms with E-state index >= 15 is 0 Å². The maximum Gasteiger partial charge on any atom is 0.189 e. The molecule has 3 heteroatoms. The average Bonchev–Trinajstić information content (AvgIpc) is 2.10. The highest BCUT2D eigenvalue weighted by Crippen LogP contribution is 2.32. The standard InChI is InChI=1S/C11H10O3/c1-6-4-7-8(12)2-3-9(13)11(7)10(14)5-6/h2-5,8,12,14H,1H3. The van der Waals surface area contributed by atoms with Gasteiger partial charge in [0.2, 0.25) is 0 Å². The first-order valence-corrected chi connectivity index (χ1v) is 4.33. The Morgan fingerprint density at radius 2 is 2.07 bits per heavy atom. The number of ketones is 1. The number of carbonyl (C=O) groups excluding carboxylic acids is 1. The number of phenolic OH excluding ortho intramolecular Hbond substituents is 1. The number of hydrogen-bond donors (Lipinski definition) is 2. The zero-order chi connectivity index (χ0) is 10.3. The van der Waals surface area contributed by atoms with Crippen LogP contribution in [-0.4, -0.2) is 16.0 Å². The molecule has 0 radical (unpaired) electrons. The van der Waals surface area contributed by atoms with E-state index in [1.165, 1.54) is 18.2 Å². The molecule has 0 saturated carbocycles. The second kappa shape index (κ2) is 2.96. The Kier molecular flexibility index (Phi) is 1.89. The van der Waals surface area contributed by atoms with Gasteiger partial charge < -0.3 is 10.2 Å². The first-order valence-electron chi connectivity index (χ1n) is 4.33. The monoisotopic (exact) mass is 190 g/mol. The molecule has 72 valence electrons. The quantitative estimate of drug-likeness (QED) is 0.651. The molecule has 0 aromatic heterocycles. The molecular weight excluding hydrogens is 180 g/mol. The number of aliphatic hydroxyl groups excluding tert-OH is 1. The minimum atomic E-state index is -0.798. The zero-order valence-corrected chi connectivity index (χ0v) is 7.69. The van der Waals surface area contributed by atoms with E-state index in [4.69, 9.17) is 0 Å². The Bertz CT molecular complexity index is 432. The van der Waals surface area contributed by atoms with Crippen LogP contribution in [0.3, 0.4) is 0 Å². The van der Waals surface area contributed by atoms with E-state index in [0.717, 1.165) is 5.56 Å². The number of fused-ring (bicyclic) bond motifs is 1. The maximum atomic E-state index is 11.4. The highest BCUT2D eigenvalue weighted by atomic mass is 16.3. The Labute approximate surface area is 81.3 Å². The van der Waals surface area contributed by atoms with Crippen LogP contribution in [-0.2, 0) is 0 Å². The molecule has 14 heavy (non-hydrogen) atoms. The van der Waals surface area contributed by atoms with Crippen LogP contribution in [0.5, 0.6) is 5.75 Å². The molecule has 0 aliphatic heterocycles. The lowest BCUT2D eigenvalue weighted by molar-refractivity contribution is 0.103. The van der Waals surface area contributed by atoms with Gasteiger partial charge in [-0.15, -0.1) is 0 Å². The summed E-state index contributed by atoms with van der Waals surface area (Å²) in [5.74, 6) is -0.323. The van der Waals surface area contributed by atoms with Crippen LogP contribution in [0.1, 0.15) is 27.6 Å². The fraction of sp³-hybridized carbons (Fsp3) is 0.182. The highest BCUT2D eigenvalue weighted by molar-refractivity contribution is 6.09. The SMILES string of the molecule is Cc1cc(O)c2c(c1)C(O)C=CC2=O. The lowest BCUT2D eigenvalue weighted by Gasteiger charge is -2.17. The number of carbonyl (C=O) groups is 1. The van der Waals surface area contributed by atoms with E-state index in [-0.39, 0.29) is 17.1 Å². The third-order valence-corrected chi connectivity index (χ3v) is 2.29. The lowest BCUT2D eigenvalue weighted by Crippen LogP contribution is -2.10. The molecule has 1 aromatic carbocycles. The third-order valence-electron chi connectivity index (χ3n) is 2.29. The number of aromatic hydroxyl groups is 1. The van der Waals surface area contributed by atoms with Gasteiger partial charge in [-0.2, -0.15) is 0 Å². The van der Waals surface area contributed by atoms with Crippen LogP contribution in [0.15, 0.2) is 24.3 Å². The summed E-state index contributed by atoms with van der Waals surface area (Å²) >= 11 is 0. The molecule has 1 aromatic rings. The van der Waals surface area contributed by atoms with E-state index in [2.05, 4.69) is 0 Å². The second-order valence-corrected chi connectivity index (χ2v) is 3.42. The summed E-state index contributed by atoms with van der Waals surface area (Å²) in [7, 11) is 0. The lowest BCUT2D eigenvalue weighted by atomic mass is 9.91. The molecule has 1 aliphatic carbocycles. The van der Waals surface area contributed by atoms with Gasteiger partial charge >= 0.3 is 0 Å². The van der Waals surface area contributed by atoms with E-state index in [1.807, 2.05) is 0 Å². The van der Waals surface area contributed by atoms with Crippen molar-refractivity contribution < 1.29 is 15.0 Å². The summed E-state index contributed by atoms with van der Waals surface area (Å²) in [6, 6.07) is 3.23. The molecule has 1 atom stereocenters. The van der Waals surface area contributed by atoms with Crippen molar-refractivity contribution in [2.45, 2.75) is 13.0 Å². The second-order valence-electron chi connectivity index (χ2n) is 3.42. The van der Waals surface area contributed by atoms with Gasteiger partial charge in [-0.25, -0.2) is 0 Å². The van der Waals surface area contributed by atoms with Gasteiger partial charge in [-0.1, -0.05) is 6.07 Å². The zero-order valence-electron chi connectivity index (χ0n) is 7.69. The third kappa shape index (κ3) is 1.22. The topological polar surface area (TPSA) is 57.5 Å². The van der Waals surface area contributed by atoms with Crippen molar-refractivity contribution in [1.29, 1.82) is 0 Å². The fourth-order valence-corrected chi connectivity index (χ4v) is 1.66. The summed E-state index contributed by atoms with van der Waals surface area (Å²) in [6.07, 6.45) is 1.90. The predicted molar refractivity (Wildman–Crippen MR) is 51.3 cm³/mol. The first-order chi connectivity index (χ1) is 6.59. The fourth-order valence-electron chi connectivity index (χ4n) is 1.66. The Morgan fingerprint density at radius 3 is 2.79 bits per heavy atom. The molecule has 2 rings (SSSR count). The van der Waals surface area contributed by atoms with E-state index in [0.29, 0.717) is 5.56 Å². The molecular formula is C11H10O3. The normalized spacial score (nSPS) is 19.6. The predicted octanol–water partition coefficient (Wildman–Crippen LogP) is 1.49. The van der Waals surface area contributed by atoms with E-state index in [1.54, 1.807) is 13.0 Å². The van der Waals surface area contributed by atoms with Crippen molar-refractivity contribution in [1.82, 2.24) is 0 Å². The largest absolute Gasteiger partial charge is 0.507 e. The van der Waals surface area contributed by atoms with Crippen molar-refractivity contribution in [2.75, 3.05) is 0 Å². The number of phenols is 1. The van der Waals surface area contributed by atoms with Crippen molar-refractivity contribution >= 4 is 5.78 Å². The molecule has 0 amide bonds. The summed E-state index contributed by atoms with van der Waals surface area (Å²) in [4.78, 5) is 11.4. The van der Waals surface area contributed by atoms with Crippen molar-refractivity contribution in [3.63, 3.8) is 0 Å². The maximum absolute atomic E-state index is 11.4. The minimum absolute atomic E-state index is 0.0617. The molecule has 0 bridgehead atoms. The van der Waals surface area contributed by atoms with E-state index < -0.39 is 6.10 Å². The van der Waals surface area contributed by atoms with Crippen LogP contribution < -0.4 is 0 Å². The van der Waals surface area contributed by atoms with Crippen LogP contribution >= 0.6 is 0 Å².